The van der Waals surface area contributed by atoms with Gasteiger partial charge in [0.15, 0.2) is 6.61 Å². The topological polar surface area (TPSA) is 64.6 Å². The fourth-order valence-corrected chi connectivity index (χ4v) is 2.92. The molecule has 0 saturated heterocycles. The number of carbonyl (C=O) groups excluding carboxylic acids is 2. The van der Waals surface area contributed by atoms with E-state index in [2.05, 4.69) is 5.32 Å². The van der Waals surface area contributed by atoms with E-state index in [1.54, 1.807) is 30.3 Å². The fraction of sp³-hybridized carbons (Fsp3) is 0.0909. The zero-order chi connectivity index (χ0) is 19.6. The van der Waals surface area contributed by atoms with Crippen LogP contribution in [0.15, 0.2) is 77.5 Å². The van der Waals surface area contributed by atoms with E-state index in [1.165, 1.54) is 17.4 Å². The summed E-state index contributed by atoms with van der Waals surface area (Å²) in [5.74, 6) is -0.270. The van der Waals surface area contributed by atoms with Crippen molar-refractivity contribution in [3.05, 3.63) is 88.6 Å². The highest BCUT2D eigenvalue weighted by Gasteiger charge is 2.06. The van der Waals surface area contributed by atoms with Crippen LogP contribution in [0.25, 0.3) is 6.08 Å². The smallest absolute Gasteiger partial charge is 0.331 e. The van der Waals surface area contributed by atoms with Crippen LogP contribution in [-0.2, 0) is 20.9 Å². The van der Waals surface area contributed by atoms with Crippen LogP contribution in [-0.4, -0.2) is 18.5 Å². The Labute approximate surface area is 167 Å². The highest BCUT2D eigenvalue weighted by atomic mass is 32.1. The maximum absolute atomic E-state index is 11.9. The second kappa shape index (κ2) is 10.1. The highest BCUT2D eigenvalue weighted by molar-refractivity contribution is 7.08. The first kappa shape index (κ1) is 19.4. The monoisotopic (exact) mass is 393 g/mol. The van der Waals surface area contributed by atoms with Crippen LogP contribution in [0.1, 0.15) is 11.1 Å². The molecular formula is C22H19NO4S. The lowest BCUT2D eigenvalue weighted by molar-refractivity contribution is -0.142. The van der Waals surface area contributed by atoms with Gasteiger partial charge < -0.3 is 14.8 Å². The Hall–Kier alpha value is -3.38. The Morgan fingerprint density at radius 2 is 1.79 bits per heavy atom. The van der Waals surface area contributed by atoms with E-state index < -0.39 is 11.9 Å². The second-order valence-corrected chi connectivity index (χ2v) is 6.62. The molecule has 6 heteroatoms. The van der Waals surface area contributed by atoms with Crippen LogP contribution in [0.4, 0.5) is 5.69 Å². The quantitative estimate of drug-likeness (QED) is 0.451. The number of anilines is 1. The van der Waals surface area contributed by atoms with Crippen LogP contribution in [0, 0.1) is 0 Å². The average molecular weight is 393 g/mol. The number of ether oxygens (including phenoxy) is 2. The molecule has 0 spiro atoms. The molecule has 1 amide bonds. The normalized spacial score (nSPS) is 10.6. The Balaban J connectivity index is 1.40. The van der Waals surface area contributed by atoms with Gasteiger partial charge in [0.05, 0.1) is 0 Å². The van der Waals surface area contributed by atoms with Crippen molar-refractivity contribution in [3.63, 3.8) is 0 Å². The molecule has 2 aromatic carbocycles. The lowest BCUT2D eigenvalue weighted by atomic mass is 10.2. The standard InChI is InChI=1S/C22H19NO4S/c24-21(15-27-22(25)11-6-18-12-13-28-16-18)23-19-7-9-20(10-8-19)26-14-17-4-2-1-3-5-17/h1-13,16H,14-15H2,(H,23,24)/b11-6+. The number of nitrogens with one attached hydrogen (secondary N) is 1. The van der Waals surface area contributed by atoms with Crippen molar-refractivity contribution in [3.8, 4) is 5.75 Å². The number of esters is 1. The van der Waals surface area contributed by atoms with Gasteiger partial charge in [-0.1, -0.05) is 30.3 Å². The second-order valence-electron chi connectivity index (χ2n) is 5.84. The lowest BCUT2D eigenvalue weighted by Crippen LogP contribution is -2.20. The summed E-state index contributed by atoms with van der Waals surface area (Å²) in [6.07, 6.45) is 2.94. The highest BCUT2D eigenvalue weighted by Crippen LogP contribution is 2.17. The zero-order valence-corrected chi connectivity index (χ0v) is 15.9. The maximum atomic E-state index is 11.9. The van der Waals surface area contributed by atoms with Crippen molar-refractivity contribution >= 4 is 35.0 Å². The summed E-state index contributed by atoms with van der Waals surface area (Å²) in [4.78, 5) is 23.5. The first-order valence-electron chi connectivity index (χ1n) is 8.63. The number of thiophene rings is 1. The van der Waals surface area contributed by atoms with Crippen LogP contribution in [0.2, 0.25) is 0 Å². The molecule has 3 aromatic rings. The van der Waals surface area contributed by atoms with Gasteiger partial charge in [0.2, 0.25) is 0 Å². The summed E-state index contributed by atoms with van der Waals surface area (Å²) in [5, 5.41) is 6.49. The van der Waals surface area contributed by atoms with Gasteiger partial charge in [-0.05, 0) is 58.3 Å². The molecule has 1 heterocycles. The summed E-state index contributed by atoms with van der Waals surface area (Å²) in [6.45, 7) is 0.125. The molecule has 3 rings (SSSR count). The van der Waals surface area contributed by atoms with Crippen LogP contribution >= 0.6 is 11.3 Å². The minimum Gasteiger partial charge on any atom is -0.489 e. The molecule has 0 fully saturated rings. The van der Waals surface area contributed by atoms with E-state index in [0.29, 0.717) is 18.0 Å². The third-order valence-electron chi connectivity index (χ3n) is 3.69. The van der Waals surface area contributed by atoms with Gasteiger partial charge >= 0.3 is 5.97 Å². The van der Waals surface area contributed by atoms with E-state index in [4.69, 9.17) is 9.47 Å². The van der Waals surface area contributed by atoms with Crippen LogP contribution < -0.4 is 10.1 Å². The van der Waals surface area contributed by atoms with Gasteiger partial charge in [-0.3, -0.25) is 4.79 Å². The molecule has 0 saturated carbocycles. The minimum atomic E-state index is -0.564. The van der Waals surface area contributed by atoms with Crippen molar-refractivity contribution in [2.24, 2.45) is 0 Å². The molecule has 0 unspecified atom stereocenters. The number of amides is 1. The van der Waals surface area contributed by atoms with Gasteiger partial charge in [0.25, 0.3) is 5.91 Å². The minimum absolute atomic E-state index is 0.348. The molecular weight excluding hydrogens is 374 g/mol. The van der Waals surface area contributed by atoms with Gasteiger partial charge in [-0.15, -0.1) is 0 Å². The first-order valence-corrected chi connectivity index (χ1v) is 9.57. The molecule has 1 aromatic heterocycles. The van der Waals surface area contributed by atoms with Gasteiger partial charge in [0.1, 0.15) is 12.4 Å². The molecule has 0 aliphatic rings. The van der Waals surface area contributed by atoms with E-state index in [1.807, 2.05) is 47.2 Å². The molecule has 5 nitrogen and oxygen atoms in total. The predicted molar refractivity (Wildman–Crippen MR) is 110 cm³/mol. The molecule has 28 heavy (non-hydrogen) atoms. The molecule has 0 bridgehead atoms. The first-order chi connectivity index (χ1) is 13.7. The van der Waals surface area contributed by atoms with Crippen LogP contribution in [0.3, 0.4) is 0 Å². The summed E-state index contributed by atoms with van der Waals surface area (Å²) in [6, 6.07) is 18.8. The summed E-state index contributed by atoms with van der Waals surface area (Å²) >= 11 is 1.54. The SMILES string of the molecule is O=C(COC(=O)/C=C/c1ccsc1)Nc1ccc(OCc2ccccc2)cc1. The summed E-state index contributed by atoms with van der Waals surface area (Å²) in [5.41, 5.74) is 2.60. The Morgan fingerprint density at radius 3 is 2.50 bits per heavy atom. The Kier molecular flexibility index (Phi) is 6.98. The van der Waals surface area contributed by atoms with Gasteiger partial charge in [-0.25, -0.2) is 4.79 Å². The third-order valence-corrected chi connectivity index (χ3v) is 4.39. The van der Waals surface area contributed by atoms with Crippen molar-refractivity contribution in [1.82, 2.24) is 0 Å². The largest absolute Gasteiger partial charge is 0.489 e. The molecule has 0 aliphatic carbocycles. The van der Waals surface area contributed by atoms with E-state index in [-0.39, 0.29) is 6.61 Å². The predicted octanol–water partition coefficient (Wildman–Crippen LogP) is 4.52. The van der Waals surface area contributed by atoms with E-state index >= 15 is 0 Å². The number of hydrogen-bond donors (Lipinski definition) is 1. The van der Waals surface area contributed by atoms with Crippen molar-refractivity contribution in [2.75, 3.05) is 11.9 Å². The van der Waals surface area contributed by atoms with Crippen molar-refractivity contribution < 1.29 is 19.1 Å². The van der Waals surface area contributed by atoms with Gasteiger partial charge in [0, 0.05) is 11.8 Å². The summed E-state index contributed by atoms with van der Waals surface area (Å²) in [7, 11) is 0. The molecule has 0 radical (unpaired) electrons. The van der Waals surface area contributed by atoms with Crippen molar-refractivity contribution in [1.29, 1.82) is 0 Å². The molecule has 142 valence electrons. The third kappa shape index (κ3) is 6.41. The fourth-order valence-electron chi connectivity index (χ4n) is 2.29. The Morgan fingerprint density at radius 1 is 1.00 bits per heavy atom. The zero-order valence-electron chi connectivity index (χ0n) is 15.0. The molecule has 0 atom stereocenters. The average Bonchev–Trinajstić information content (AvgIpc) is 3.25. The molecule has 1 N–H and O–H groups in total. The Bertz CT molecular complexity index is 919. The lowest BCUT2D eigenvalue weighted by Gasteiger charge is -2.08. The number of hydrogen-bond acceptors (Lipinski definition) is 5. The maximum Gasteiger partial charge on any atom is 0.331 e. The van der Waals surface area contributed by atoms with Crippen molar-refractivity contribution in [2.45, 2.75) is 6.61 Å². The number of rotatable bonds is 8. The van der Waals surface area contributed by atoms with Gasteiger partial charge in [-0.2, -0.15) is 11.3 Å². The molecule has 0 aliphatic heterocycles. The summed E-state index contributed by atoms with van der Waals surface area (Å²) < 4.78 is 10.6. The number of carbonyl (C=O) groups is 2. The number of benzene rings is 2. The van der Waals surface area contributed by atoms with E-state index in [9.17, 15) is 9.59 Å². The van der Waals surface area contributed by atoms with Crippen LogP contribution in [0.5, 0.6) is 5.75 Å². The van der Waals surface area contributed by atoms with E-state index in [0.717, 1.165) is 11.1 Å².